The van der Waals surface area contributed by atoms with Crippen molar-refractivity contribution in [2.75, 3.05) is 26.2 Å². The molecule has 0 radical (unpaired) electrons. The van der Waals surface area contributed by atoms with Crippen LogP contribution >= 0.6 is 23.2 Å². The molecule has 2 aromatic rings. The molecular formula is C19H20Cl2F4N4O. The molecule has 0 spiro atoms. The number of carbonyl (C=O) groups excluding carboxylic acids is 1. The van der Waals surface area contributed by atoms with Gasteiger partial charge >= 0.3 is 0 Å². The predicted molar refractivity (Wildman–Crippen MR) is 105 cm³/mol. The Morgan fingerprint density at radius 2 is 1.63 bits per heavy atom. The van der Waals surface area contributed by atoms with E-state index in [1.807, 2.05) is 24.3 Å². The van der Waals surface area contributed by atoms with Crippen LogP contribution in [0.1, 0.15) is 42.8 Å². The number of hydrogen-bond donors (Lipinski definition) is 0. The topological polar surface area (TPSA) is 41.4 Å². The van der Waals surface area contributed by atoms with E-state index >= 15 is 0 Å². The van der Waals surface area contributed by atoms with Gasteiger partial charge in [0, 0.05) is 37.7 Å². The Balaban J connectivity index is 1.66. The SMILES string of the molecule is CC(C(=O)N1CCN(Cc2ccc(Cl)cc2)CC1)n1nc(C(F)F)c(Cl)c1C(F)F. The van der Waals surface area contributed by atoms with Gasteiger partial charge in [0.2, 0.25) is 5.91 Å². The van der Waals surface area contributed by atoms with E-state index in [-0.39, 0.29) is 0 Å². The zero-order valence-corrected chi connectivity index (χ0v) is 17.6. The third-order valence-electron chi connectivity index (χ3n) is 5.05. The first-order chi connectivity index (χ1) is 14.2. The first-order valence-electron chi connectivity index (χ1n) is 9.28. The maximum atomic E-state index is 13.4. The van der Waals surface area contributed by atoms with E-state index in [1.165, 1.54) is 11.8 Å². The summed E-state index contributed by atoms with van der Waals surface area (Å²) in [6.45, 7) is 3.99. The van der Waals surface area contributed by atoms with Gasteiger partial charge in [-0.25, -0.2) is 22.2 Å². The summed E-state index contributed by atoms with van der Waals surface area (Å²) in [7, 11) is 0. The molecule has 0 aliphatic carbocycles. The molecule has 0 bridgehead atoms. The van der Waals surface area contributed by atoms with Crippen molar-refractivity contribution in [3.8, 4) is 0 Å². The molecule has 164 valence electrons. The Bertz CT molecular complexity index is 883. The summed E-state index contributed by atoms with van der Waals surface area (Å²) in [4.78, 5) is 16.5. The van der Waals surface area contributed by atoms with E-state index in [2.05, 4.69) is 10.00 Å². The summed E-state index contributed by atoms with van der Waals surface area (Å²) in [6, 6.07) is 6.29. The molecule has 1 fully saturated rings. The summed E-state index contributed by atoms with van der Waals surface area (Å²) in [5.41, 5.74) is -0.728. The van der Waals surface area contributed by atoms with Crippen molar-refractivity contribution in [3.05, 3.63) is 51.3 Å². The van der Waals surface area contributed by atoms with Gasteiger partial charge in [0.1, 0.15) is 17.4 Å². The van der Waals surface area contributed by atoms with Crippen molar-refractivity contribution in [2.45, 2.75) is 32.4 Å². The van der Waals surface area contributed by atoms with Gasteiger partial charge in [-0.2, -0.15) is 5.10 Å². The van der Waals surface area contributed by atoms with Gasteiger partial charge < -0.3 is 4.90 Å². The number of piperazine rings is 1. The van der Waals surface area contributed by atoms with Crippen LogP contribution in [0.4, 0.5) is 17.6 Å². The van der Waals surface area contributed by atoms with E-state index in [1.54, 1.807) is 0 Å². The molecule has 5 nitrogen and oxygen atoms in total. The van der Waals surface area contributed by atoms with Crippen LogP contribution in [0.15, 0.2) is 24.3 Å². The van der Waals surface area contributed by atoms with Gasteiger partial charge in [-0.05, 0) is 24.6 Å². The van der Waals surface area contributed by atoms with Gasteiger partial charge in [-0.3, -0.25) is 9.69 Å². The standard InChI is InChI=1S/C19H20Cl2F4N4O/c1-11(29-16(18(24)25)14(21)15(26-29)17(22)23)19(30)28-8-6-27(7-9-28)10-12-2-4-13(20)5-3-12/h2-5,11,17-18H,6-10H2,1H3. The van der Waals surface area contributed by atoms with Gasteiger partial charge in [0.05, 0.1) is 5.02 Å². The van der Waals surface area contributed by atoms with Gasteiger partial charge in [-0.15, -0.1) is 0 Å². The fourth-order valence-electron chi connectivity index (χ4n) is 3.42. The van der Waals surface area contributed by atoms with Crippen LogP contribution in [0.2, 0.25) is 10.0 Å². The lowest BCUT2D eigenvalue weighted by Gasteiger charge is -2.36. The highest BCUT2D eigenvalue weighted by Crippen LogP contribution is 2.36. The number of aromatic nitrogens is 2. The van der Waals surface area contributed by atoms with Crippen LogP contribution in [-0.4, -0.2) is 51.7 Å². The maximum absolute atomic E-state index is 13.4. The highest BCUT2D eigenvalue weighted by molar-refractivity contribution is 6.32. The monoisotopic (exact) mass is 466 g/mol. The lowest BCUT2D eigenvalue weighted by Crippen LogP contribution is -2.50. The summed E-state index contributed by atoms with van der Waals surface area (Å²) >= 11 is 11.6. The Labute approximate surface area is 181 Å². The number of hydrogen-bond acceptors (Lipinski definition) is 3. The minimum absolute atomic E-state index is 0.386. The number of rotatable bonds is 6. The van der Waals surface area contributed by atoms with Gasteiger partial charge in [0.15, 0.2) is 0 Å². The molecule has 1 amide bonds. The molecule has 30 heavy (non-hydrogen) atoms. The number of amides is 1. The summed E-state index contributed by atoms with van der Waals surface area (Å²) < 4.78 is 53.5. The maximum Gasteiger partial charge on any atom is 0.283 e. The van der Waals surface area contributed by atoms with Crippen molar-refractivity contribution >= 4 is 29.1 Å². The molecule has 1 atom stereocenters. The molecule has 1 saturated heterocycles. The number of halogens is 6. The Morgan fingerprint density at radius 1 is 1.03 bits per heavy atom. The number of benzene rings is 1. The average Bonchev–Trinajstić information content (AvgIpc) is 3.07. The van der Waals surface area contributed by atoms with Crippen LogP contribution in [0.25, 0.3) is 0 Å². The van der Waals surface area contributed by atoms with Crippen molar-refractivity contribution in [2.24, 2.45) is 0 Å². The zero-order valence-electron chi connectivity index (χ0n) is 16.0. The molecular weight excluding hydrogens is 447 g/mol. The first-order valence-corrected chi connectivity index (χ1v) is 10.0. The van der Waals surface area contributed by atoms with Crippen molar-refractivity contribution in [3.63, 3.8) is 0 Å². The van der Waals surface area contributed by atoms with E-state index in [9.17, 15) is 22.4 Å². The van der Waals surface area contributed by atoms with E-state index in [0.717, 1.165) is 5.56 Å². The first kappa shape index (κ1) is 22.8. The number of carbonyl (C=O) groups is 1. The number of alkyl halides is 4. The average molecular weight is 467 g/mol. The molecule has 11 heteroatoms. The molecule has 0 saturated carbocycles. The van der Waals surface area contributed by atoms with Crippen LogP contribution in [0, 0.1) is 0 Å². The second kappa shape index (κ2) is 9.53. The molecule has 1 unspecified atom stereocenters. The molecule has 1 aromatic carbocycles. The van der Waals surface area contributed by atoms with Gasteiger partial charge in [-0.1, -0.05) is 35.3 Å². The fourth-order valence-corrected chi connectivity index (χ4v) is 3.83. The van der Waals surface area contributed by atoms with Gasteiger partial charge in [0.25, 0.3) is 12.9 Å². The summed E-state index contributed by atoms with van der Waals surface area (Å²) in [6.07, 6.45) is -6.25. The third kappa shape index (κ3) is 4.90. The minimum Gasteiger partial charge on any atom is -0.338 e. The molecule has 0 N–H and O–H groups in total. The molecule has 1 aromatic heterocycles. The third-order valence-corrected chi connectivity index (χ3v) is 5.69. The lowest BCUT2D eigenvalue weighted by molar-refractivity contribution is -0.136. The van der Waals surface area contributed by atoms with Crippen LogP contribution in [0.5, 0.6) is 0 Å². The van der Waals surface area contributed by atoms with E-state index < -0.39 is 41.2 Å². The predicted octanol–water partition coefficient (Wildman–Crippen LogP) is 4.97. The van der Waals surface area contributed by atoms with Crippen molar-refractivity contribution < 1.29 is 22.4 Å². The molecule has 1 aliphatic rings. The quantitative estimate of drug-likeness (QED) is 0.564. The minimum atomic E-state index is -3.14. The largest absolute Gasteiger partial charge is 0.338 e. The normalized spacial score (nSPS) is 16.5. The zero-order chi connectivity index (χ0) is 22.0. The molecule has 1 aliphatic heterocycles. The van der Waals surface area contributed by atoms with Crippen LogP contribution in [0.3, 0.4) is 0 Å². The van der Waals surface area contributed by atoms with Crippen LogP contribution < -0.4 is 0 Å². The van der Waals surface area contributed by atoms with Crippen molar-refractivity contribution in [1.29, 1.82) is 0 Å². The molecule has 2 heterocycles. The number of nitrogens with zero attached hydrogens (tertiary/aromatic N) is 4. The smallest absolute Gasteiger partial charge is 0.283 e. The highest BCUT2D eigenvalue weighted by Gasteiger charge is 2.34. The van der Waals surface area contributed by atoms with E-state index in [4.69, 9.17) is 23.2 Å². The Kier molecular flexibility index (Phi) is 7.26. The highest BCUT2D eigenvalue weighted by atomic mass is 35.5. The summed E-state index contributed by atoms with van der Waals surface area (Å²) in [5, 5.41) is 3.36. The molecule has 3 rings (SSSR count). The van der Waals surface area contributed by atoms with Crippen LogP contribution in [-0.2, 0) is 11.3 Å². The Morgan fingerprint density at radius 3 is 2.17 bits per heavy atom. The Hall–Kier alpha value is -1.84. The summed E-state index contributed by atoms with van der Waals surface area (Å²) in [5.74, 6) is -0.469. The second-order valence-electron chi connectivity index (χ2n) is 7.03. The second-order valence-corrected chi connectivity index (χ2v) is 7.85. The fraction of sp³-hybridized carbons (Fsp3) is 0.474. The van der Waals surface area contributed by atoms with Crippen molar-refractivity contribution in [1.82, 2.24) is 19.6 Å². The van der Waals surface area contributed by atoms with E-state index in [0.29, 0.717) is 42.4 Å². The lowest BCUT2D eigenvalue weighted by atomic mass is 10.2.